The second kappa shape index (κ2) is 3.23. The van der Waals surface area contributed by atoms with E-state index in [-0.39, 0.29) is 0 Å². The third kappa shape index (κ3) is 2.56. The molecule has 0 saturated carbocycles. The monoisotopic (exact) mass is 155 g/mol. The Labute approximate surface area is 58.4 Å². The minimum Gasteiger partial charge on any atom is -0.327 e. The van der Waals surface area contributed by atoms with E-state index in [0.29, 0.717) is 6.42 Å². The lowest BCUT2D eigenvalue weighted by Crippen LogP contribution is -2.37. The zero-order valence-corrected chi connectivity index (χ0v) is 6.07. The summed E-state index contributed by atoms with van der Waals surface area (Å²) < 4.78 is 35.4. The number of rotatable bonds is 2. The van der Waals surface area contributed by atoms with Crippen molar-refractivity contribution < 1.29 is 13.2 Å². The average Bonchev–Trinajstić information content (AvgIpc) is 1.83. The zero-order chi connectivity index (χ0) is 8.36. The highest BCUT2D eigenvalue weighted by atomic mass is 19.4. The predicted molar refractivity (Wildman–Crippen MR) is 33.5 cm³/mol. The molecular formula is C6H12F3N. The molecule has 0 heterocycles. The van der Waals surface area contributed by atoms with Crippen LogP contribution in [0.4, 0.5) is 13.2 Å². The van der Waals surface area contributed by atoms with Crippen LogP contribution in [0.2, 0.25) is 0 Å². The Bertz CT molecular complexity index is 99.7. The van der Waals surface area contributed by atoms with E-state index in [4.69, 9.17) is 5.73 Å². The first-order chi connectivity index (χ1) is 4.39. The Kier molecular flexibility index (Phi) is 3.15. The van der Waals surface area contributed by atoms with Gasteiger partial charge in [0.15, 0.2) is 0 Å². The van der Waals surface area contributed by atoms with Gasteiger partial charge in [-0.05, 0) is 6.42 Å². The quantitative estimate of drug-likeness (QED) is 0.647. The topological polar surface area (TPSA) is 26.0 Å². The van der Waals surface area contributed by atoms with Crippen molar-refractivity contribution in [3.05, 3.63) is 0 Å². The molecule has 0 spiro atoms. The maximum atomic E-state index is 11.8. The average molecular weight is 155 g/mol. The van der Waals surface area contributed by atoms with Crippen LogP contribution in [0.15, 0.2) is 0 Å². The summed E-state index contributed by atoms with van der Waals surface area (Å²) in [6.07, 6.45) is -3.78. The Morgan fingerprint density at radius 3 is 1.90 bits per heavy atom. The second-order valence-electron chi connectivity index (χ2n) is 2.40. The van der Waals surface area contributed by atoms with E-state index < -0.39 is 18.1 Å². The van der Waals surface area contributed by atoms with Crippen LogP contribution in [0.5, 0.6) is 0 Å². The van der Waals surface area contributed by atoms with Crippen molar-refractivity contribution in [2.75, 3.05) is 0 Å². The van der Waals surface area contributed by atoms with Gasteiger partial charge in [-0.3, -0.25) is 0 Å². The van der Waals surface area contributed by atoms with E-state index in [1.807, 2.05) is 0 Å². The van der Waals surface area contributed by atoms with Crippen molar-refractivity contribution in [1.82, 2.24) is 0 Å². The van der Waals surface area contributed by atoms with Gasteiger partial charge < -0.3 is 5.73 Å². The maximum Gasteiger partial charge on any atom is 0.393 e. The van der Waals surface area contributed by atoms with Crippen LogP contribution >= 0.6 is 0 Å². The highest BCUT2D eigenvalue weighted by Gasteiger charge is 2.38. The molecule has 0 rings (SSSR count). The van der Waals surface area contributed by atoms with Gasteiger partial charge in [0.2, 0.25) is 0 Å². The van der Waals surface area contributed by atoms with E-state index in [0.717, 1.165) is 6.92 Å². The van der Waals surface area contributed by atoms with Crippen molar-refractivity contribution in [3.63, 3.8) is 0 Å². The van der Waals surface area contributed by atoms with Crippen LogP contribution < -0.4 is 5.73 Å². The Hall–Kier alpha value is -0.250. The minimum absolute atomic E-state index is 0.362. The molecule has 10 heavy (non-hydrogen) atoms. The van der Waals surface area contributed by atoms with Crippen LogP contribution in [-0.4, -0.2) is 12.2 Å². The minimum atomic E-state index is -4.14. The van der Waals surface area contributed by atoms with Gasteiger partial charge in [0.1, 0.15) is 0 Å². The molecule has 0 bridgehead atoms. The van der Waals surface area contributed by atoms with Gasteiger partial charge in [-0.15, -0.1) is 0 Å². The molecule has 2 N–H and O–H groups in total. The third-order valence-corrected chi connectivity index (χ3v) is 1.63. The lowest BCUT2D eigenvalue weighted by Gasteiger charge is -2.20. The standard InChI is InChI=1S/C6H12F3N/c1-3-5(10)4(2)6(7,8)9/h4-5H,3,10H2,1-2H3/t4-,5-/m0/s1. The highest BCUT2D eigenvalue weighted by Crippen LogP contribution is 2.28. The molecule has 2 atom stereocenters. The molecule has 0 saturated heterocycles. The fourth-order valence-electron chi connectivity index (χ4n) is 0.596. The summed E-state index contributed by atoms with van der Waals surface area (Å²) in [5.41, 5.74) is 5.18. The Morgan fingerprint density at radius 2 is 1.80 bits per heavy atom. The van der Waals surface area contributed by atoms with Gasteiger partial charge in [-0.2, -0.15) is 13.2 Å². The van der Waals surface area contributed by atoms with Gasteiger partial charge in [0, 0.05) is 6.04 Å². The molecule has 0 aliphatic rings. The molecule has 4 heteroatoms. The van der Waals surface area contributed by atoms with E-state index in [1.165, 1.54) is 0 Å². The van der Waals surface area contributed by atoms with E-state index in [9.17, 15) is 13.2 Å². The van der Waals surface area contributed by atoms with Gasteiger partial charge in [0.25, 0.3) is 0 Å². The van der Waals surface area contributed by atoms with Gasteiger partial charge >= 0.3 is 6.18 Å². The van der Waals surface area contributed by atoms with Crippen LogP contribution in [-0.2, 0) is 0 Å². The van der Waals surface area contributed by atoms with E-state index >= 15 is 0 Å². The molecule has 0 aromatic heterocycles. The van der Waals surface area contributed by atoms with Crippen LogP contribution in [0.25, 0.3) is 0 Å². The summed E-state index contributed by atoms with van der Waals surface area (Å²) in [5, 5.41) is 0. The fourth-order valence-corrected chi connectivity index (χ4v) is 0.596. The largest absolute Gasteiger partial charge is 0.393 e. The normalized spacial score (nSPS) is 18.6. The Balaban J connectivity index is 3.94. The van der Waals surface area contributed by atoms with Crippen molar-refractivity contribution in [1.29, 1.82) is 0 Å². The van der Waals surface area contributed by atoms with Crippen molar-refractivity contribution in [3.8, 4) is 0 Å². The number of hydrogen-bond acceptors (Lipinski definition) is 1. The highest BCUT2D eigenvalue weighted by molar-refractivity contribution is 4.73. The second-order valence-corrected chi connectivity index (χ2v) is 2.40. The number of nitrogens with two attached hydrogens (primary N) is 1. The maximum absolute atomic E-state index is 11.8. The lowest BCUT2D eigenvalue weighted by molar-refractivity contribution is -0.174. The van der Waals surface area contributed by atoms with Crippen molar-refractivity contribution >= 4 is 0 Å². The zero-order valence-electron chi connectivity index (χ0n) is 6.07. The van der Waals surface area contributed by atoms with Crippen LogP contribution in [0.3, 0.4) is 0 Å². The molecule has 0 radical (unpaired) electrons. The van der Waals surface area contributed by atoms with E-state index in [1.54, 1.807) is 6.92 Å². The summed E-state index contributed by atoms with van der Waals surface area (Å²) in [6, 6.07) is -0.764. The predicted octanol–water partition coefficient (Wildman–Crippen LogP) is 1.92. The molecule has 1 nitrogen and oxygen atoms in total. The summed E-state index contributed by atoms with van der Waals surface area (Å²) in [6.45, 7) is 2.75. The summed E-state index contributed by atoms with van der Waals surface area (Å²) in [5.74, 6) is -1.39. The number of hydrogen-bond donors (Lipinski definition) is 1. The molecule has 0 aromatic carbocycles. The SMILES string of the molecule is CC[C@H](N)[C@H](C)C(F)(F)F. The molecular weight excluding hydrogens is 143 g/mol. The molecule has 0 aliphatic carbocycles. The van der Waals surface area contributed by atoms with Crippen molar-refractivity contribution in [2.24, 2.45) is 11.7 Å². The fraction of sp³-hybridized carbons (Fsp3) is 1.00. The third-order valence-electron chi connectivity index (χ3n) is 1.63. The first kappa shape index (κ1) is 9.75. The molecule has 62 valence electrons. The number of alkyl halides is 3. The van der Waals surface area contributed by atoms with Gasteiger partial charge in [-0.25, -0.2) is 0 Å². The number of halogens is 3. The van der Waals surface area contributed by atoms with Gasteiger partial charge in [-0.1, -0.05) is 13.8 Å². The summed E-state index contributed by atoms with van der Waals surface area (Å²) >= 11 is 0. The molecule has 0 amide bonds. The smallest absolute Gasteiger partial charge is 0.327 e. The van der Waals surface area contributed by atoms with Crippen molar-refractivity contribution in [2.45, 2.75) is 32.5 Å². The van der Waals surface area contributed by atoms with Crippen LogP contribution in [0.1, 0.15) is 20.3 Å². The molecule has 0 unspecified atom stereocenters. The molecule has 0 fully saturated rings. The first-order valence-electron chi connectivity index (χ1n) is 3.21. The molecule has 0 aliphatic heterocycles. The molecule has 0 aromatic rings. The Morgan fingerprint density at radius 1 is 1.40 bits per heavy atom. The first-order valence-corrected chi connectivity index (χ1v) is 3.21. The summed E-state index contributed by atoms with van der Waals surface area (Å²) in [7, 11) is 0. The lowest BCUT2D eigenvalue weighted by atomic mass is 10.0. The van der Waals surface area contributed by atoms with Gasteiger partial charge in [0.05, 0.1) is 5.92 Å². The summed E-state index contributed by atoms with van der Waals surface area (Å²) in [4.78, 5) is 0. The van der Waals surface area contributed by atoms with Crippen LogP contribution in [0, 0.1) is 5.92 Å². The van der Waals surface area contributed by atoms with E-state index in [2.05, 4.69) is 0 Å².